The third kappa shape index (κ3) is 4.42. The number of hydrogen-bond donors (Lipinski definition) is 1. The Morgan fingerprint density at radius 2 is 2.00 bits per heavy atom. The molecule has 4 nitrogen and oxygen atoms in total. The highest BCUT2D eigenvalue weighted by molar-refractivity contribution is 5.62. The van der Waals surface area contributed by atoms with Crippen LogP contribution in [0.2, 0.25) is 0 Å². The van der Waals surface area contributed by atoms with Gasteiger partial charge in [-0.05, 0) is 18.6 Å². The molecule has 0 radical (unpaired) electrons. The molecule has 1 rings (SSSR count). The maximum Gasteiger partial charge on any atom is 0.416 e. The molecule has 7 heteroatoms. The molecule has 0 amide bonds. The number of nitrogens with one attached hydrogen (secondary N) is 1. The van der Waals surface area contributed by atoms with Crippen LogP contribution in [0.3, 0.4) is 0 Å². The van der Waals surface area contributed by atoms with E-state index in [0.717, 1.165) is 31.4 Å². The summed E-state index contributed by atoms with van der Waals surface area (Å²) >= 11 is 0. The van der Waals surface area contributed by atoms with Gasteiger partial charge >= 0.3 is 6.18 Å². The summed E-state index contributed by atoms with van der Waals surface area (Å²) < 4.78 is 37.4. The fraction of sp³-hybridized carbons (Fsp3) is 0.500. The van der Waals surface area contributed by atoms with Crippen molar-refractivity contribution in [3.63, 3.8) is 0 Å². The van der Waals surface area contributed by atoms with Crippen molar-refractivity contribution in [2.45, 2.75) is 32.4 Å². The van der Waals surface area contributed by atoms with Crippen LogP contribution in [0.1, 0.15) is 31.7 Å². The smallest absolute Gasteiger partial charge is 0.379 e. The van der Waals surface area contributed by atoms with Crippen LogP contribution in [-0.2, 0) is 6.18 Å². The third-order valence-corrected chi connectivity index (χ3v) is 2.62. The number of benzene rings is 1. The highest BCUT2D eigenvalue weighted by Crippen LogP contribution is 2.34. The van der Waals surface area contributed by atoms with Gasteiger partial charge in [-0.25, -0.2) is 0 Å². The van der Waals surface area contributed by atoms with E-state index in [0.29, 0.717) is 12.6 Å². The summed E-state index contributed by atoms with van der Waals surface area (Å²) in [6.45, 7) is 2.51. The van der Waals surface area contributed by atoms with E-state index in [9.17, 15) is 23.3 Å². The normalized spacial score (nSPS) is 11.4. The van der Waals surface area contributed by atoms with Gasteiger partial charge in [0.15, 0.2) is 0 Å². The predicted molar refractivity (Wildman–Crippen MR) is 66.1 cm³/mol. The molecule has 0 aliphatic carbocycles. The van der Waals surface area contributed by atoms with Gasteiger partial charge in [0.05, 0.1) is 10.5 Å². The Morgan fingerprint density at radius 3 is 2.53 bits per heavy atom. The van der Waals surface area contributed by atoms with Crippen LogP contribution in [0.25, 0.3) is 0 Å². The largest absolute Gasteiger partial charge is 0.416 e. The molecule has 0 atom stereocenters. The summed E-state index contributed by atoms with van der Waals surface area (Å²) in [5.74, 6) is 0. The molecule has 0 fully saturated rings. The molecule has 0 spiro atoms. The molecule has 1 N–H and O–H groups in total. The van der Waals surface area contributed by atoms with Crippen LogP contribution in [0.5, 0.6) is 0 Å². The number of nitro groups is 1. The van der Waals surface area contributed by atoms with Crippen molar-refractivity contribution in [1.29, 1.82) is 0 Å². The standard InChI is InChI=1S/C12H15F3N2O2/c1-2-3-4-7-16-10-6-5-9(12(13,14)15)8-11(10)17(18)19/h5-6,8,16H,2-4,7H2,1H3. The molecule has 0 aliphatic rings. The minimum Gasteiger partial charge on any atom is -0.379 e. The average Bonchev–Trinajstić information content (AvgIpc) is 2.33. The second kappa shape index (κ2) is 6.40. The van der Waals surface area contributed by atoms with Crippen LogP contribution >= 0.6 is 0 Å². The topological polar surface area (TPSA) is 55.2 Å². The molecular weight excluding hydrogens is 261 g/mol. The van der Waals surface area contributed by atoms with Crippen molar-refractivity contribution >= 4 is 11.4 Å². The van der Waals surface area contributed by atoms with Gasteiger partial charge in [0.2, 0.25) is 0 Å². The van der Waals surface area contributed by atoms with E-state index in [4.69, 9.17) is 0 Å². The number of rotatable bonds is 6. The first-order valence-corrected chi connectivity index (χ1v) is 5.95. The zero-order valence-corrected chi connectivity index (χ0v) is 10.5. The van der Waals surface area contributed by atoms with Crippen LogP contribution in [0, 0.1) is 10.1 Å². The molecular formula is C12H15F3N2O2. The van der Waals surface area contributed by atoms with Gasteiger partial charge in [-0.3, -0.25) is 10.1 Å². The molecule has 0 bridgehead atoms. The molecule has 0 aliphatic heterocycles. The van der Waals surface area contributed by atoms with Crippen molar-refractivity contribution in [3.8, 4) is 0 Å². The number of unbranched alkanes of at least 4 members (excludes halogenated alkanes) is 2. The molecule has 0 unspecified atom stereocenters. The molecule has 19 heavy (non-hydrogen) atoms. The summed E-state index contributed by atoms with van der Waals surface area (Å²) in [4.78, 5) is 9.98. The quantitative estimate of drug-likeness (QED) is 0.481. The second-order valence-corrected chi connectivity index (χ2v) is 4.12. The second-order valence-electron chi connectivity index (χ2n) is 4.12. The molecule has 1 aromatic rings. The summed E-state index contributed by atoms with van der Waals surface area (Å²) in [5, 5.41) is 13.6. The Bertz CT molecular complexity index is 447. The predicted octanol–water partition coefficient (Wildman–Crippen LogP) is 4.22. The third-order valence-electron chi connectivity index (χ3n) is 2.62. The number of hydrogen-bond acceptors (Lipinski definition) is 3. The van der Waals surface area contributed by atoms with Gasteiger partial charge in [0, 0.05) is 12.6 Å². The van der Waals surface area contributed by atoms with Crippen molar-refractivity contribution in [3.05, 3.63) is 33.9 Å². The molecule has 0 aromatic heterocycles. The summed E-state index contributed by atoms with van der Waals surface area (Å²) in [6.07, 6.45) is -1.81. The van der Waals surface area contributed by atoms with Crippen molar-refractivity contribution in [2.75, 3.05) is 11.9 Å². The van der Waals surface area contributed by atoms with Gasteiger partial charge in [0.1, 0.15) is 5.69 Å². The highest BCUT2D eigenvalue weighted by atomic mass is 19.4. The minimum atomic E-state index is -4.58. The summed E-state index contributed by atoms with van der Waals surface area (Å²) in [5.41, 5.74) is -1.45. The van der Waals surface area contributed by atoms with Crippen LogP contribution < -0.4 is 5.32 Å². The number of halogens is 3. The Hall–Kier alpha value is -1.79. The molecule has 0 saturated carbocycles. The fourth-order valence-electron chi connectivity index (χ4n) is 1.61. The maximum atomic E-state index is 12.5. The van der Waals surface area contributed by atoms with Gasteiger partial charge in [0.25, 0.3) is 5.69 Å². The lowest BCUT2D eigenvalue weighted by molar-refractivity contribution is -0.384. The van der Waals surface area contributed by atoms with E-state index in [1.807, 2.05) is 6.92 Å². The monoisotopic (exact) mass is 276 g/mol. The van der Waals surface area contributed by atoms with Gasteiger partial charge in [-0.15, -0.1) is 0 Å². The van der Waals surface area contributed by atoms with E-state index < -0.39 is 22.4 Å². The number of alkyl halides is 3. The Balaban J connectivity index is 2.90. The number of anilines is 1. The zero-order chi connectivity index (χ0) is 14.5. The summed E-state index contributed by atoms with van der Waals surface area (Å²) in [7, 11) is 0. The number of nitro benzene ring substituents is 1. The molecule has 0 saturated heterocycles. The zero-order valence-electron chi connectivity index (χ0n) is 10.5. The van der Waals surface area contributed by atoms with Crippen LogP contribution in [0.15, 0.2) is 18.2 Å². The van der Waals surface area contributed by atoms with E-state index in [2.05, 4.69) is 5.32 Å². The van der Waals surface area contributed by atoms with E-state index >= 15 is 0 Å². The Labute approximate surface area is 108 Å². The first kappa shape index (κ1) is 15.3. The number of nitrogens with zero attached hydrogens (tertiary/aromatic N) is 1. The maximum absolute atomic E-state index is 12.5. The molecule has 1 aromatic carbocycles. The van der Waals surface area contributed by atoms with E-state index in [1.165, 1.54) is 0 Å². The Morgan fingerprint density at radius 1 is 1.32 bits per heavy atom. The van der Waals surface area contributed by atoms with Crippen molar-refractivity contribution < 1.29 is 18.1 Å². The fourth-order valence-corrected chi connectivity index (χ4v) is 1.61. The molecule has 106 valence electrons. The van der Waals surface area contributed by atoms with Crippen molar-refractivity contribution in [2.24, 2.45) is 0 Å². The SMILES string of the molecule is CCCCCNc1ccc(C(F)(F)F)cc1[N+](=O)[O-]. The first-order chi connectivity index (χ1) is 8.86. The van der Waals surface area contributed by atoms with Gasteiger partial charge in [-0.1, -0.05) is 19.8 Å². The van der Waals surface area contributed by atoms with Gasteiger partial charge < -0.3 is 5.32 Å². The lowest BCUT2D eigenvalue weighted by Gasteiger charge is -2.10. The Kier molecular flexibility index (Phi) is 5.14. The van der Waals surface area contributed by atoms with Crippen LogP contribution in [-0.4, -0.2) is 11.5 Å². The van der Waals surface area contributed by atoms with Crippen LogP contribution in [0.4, 0.5) is 24.5 Å². The molecule has 0 heterocycles. The van der Waals surface area contributed by atoms with Gasteiger partial charge in [-0.2, -0.15) is 13.2 Å². The first-order valence-electron chi connectivity index (χ1n) is 5.95. The summed E-state index contributed by atoms with van der Waals surface area (Å²) in [6, 6.07) is 2.50. The van der Waals surface area contributed by atoms with E-state index in [-0.39, 0.29) is 5.69 Å². The average molecular weight is 276 g/mol. The highest BCUT2D eigenvalue weighted by Gasteiger charge is 2.32. The lowest BCUT2D eigenvalue weighted by atomic mass is 10.1. The van der Waals surface area contributed by atoms with E-state index in [1.54, 1.807) is 0 Å². The lowest BCUT2D eigenvalue weighted by Crippen LogP contribution is -2.08. The van der Waals surface area contributed by atoms with Crippen molar-refractivity contribution in [1.82, 2.24) is 0 Å². The minimum absolute atomic E-state index is 0.120.